The lowest BCUT2D eigenvalue weighted by atomic mass is 10.1. The monoisotopic (exact) mass is 357 g/mol. The number of aliphatic hydroxyl groups is 1. The van der Waals surface area contributed by atoms with Crippen molar-refractivity contribution in [3.63, 3.8) is 0 Å². The lowest BCUT2D eigenvalue weighted by Gasteiger charge is -2.24. The maximum absolute atomic E-state index is 9.47. The molecule has 1 atom stereocenters. The van der Waals surface area contributed by atoms with Gasteiger partial charge in [0, 0.05) is 38.7 Å². The van der Waals surface area contributed by atoms with Gasteiger partial charge in [-0.1, -0.05) is 54.9 Å². The van der Waals surface area contributed by atoms with E-state index in [4.69, 9.17) is 16.7 Å². The average Bonchev–Trinajstić information content (AvgIpc) is 2.92. The molecule has 0 saturated heterocycles. The van der Waals surface area contributed by atoms with E-state index < -0.39 is 0 Å². The lowest BCUT2D eigenvalue weighted by Crippen LogP contribution is -2.29. The molecule has 5 heteroatoms. The minimum Gasteiger partial charge on any atom is -0.396 e. The first-order chi connectivity index (χ1) is 12.1. The van der Waals surface area contributed by atoms with Crippen molar-refractivity contribution in [3.8, 4) is 0 Å². The first-order valence-electron chi connectivity index (χ1n) is 8.55. The summed E-state index contributed by atoms with van der Waals surface area (Å²) in [6.45, 7) is 4.54. The van der Waals surface area contributed by atoms with Gasteiger partial charge in [-0.15, -0.1) is 0 Å². The SMILES string of the molecule is C[C@@H](CO)CN(Cc1ccccc1)Cc1nn(C)c2cccc(Cl)c12. The summed E-state index contributed by atoms with van der Waals surface area (Å²) in [6.07, 6.45) is 0. The Labute approximate surface area is 153 Å². The van der Waals surface area contributed by atoms with Gasteiger partial charge in [0.05, 0.1) is 16.2 Å². The fourth-order valence-electron chi connectivity index (χ4n) is 3.20. The summed E-state index contributed by atoms with van der Waals surface area (Å²) in [7, 11) is 1.94. The average molecular weight is 358 g/mol. The molecule has 1 heterocycles. The van der Waals surface area contributed by atoms with Crippen LogP contribution in [0.25, 0.3) is 10.9 Å². The van der Waals surface area contributed by atoms with E-state index in [0.29, 0.717) is 6.54 Å². The number of hydrogen-bond donors (Lipinski definition) is 1. The fourth-order valence-corrected chi connectivity index (χ4v) is 3.48. The molecule has 0 fully saturated rings. The molecule has 0 aliphatic heterocycles. The lowest BCUT2D eigenvalue weighted by molar-refractivity contribution is 0.162. The van der Waals surface area contributed by atoms with Gasteiger partial charge in [-0.2, -0.15) is 5.10 Å². The van der Waals surface area contributed by atoms with Crippen LogP contribution in [0, 0.1) is 5.92 Å². The molecule has 0 bridgehead atoms. The quantitative estimate of drug-likeness (QED) is 0.698. The maximum atomic E-state index is 9.47. The number of benzene rings is 2. The van der Waals surface area contributed by atoms with Gasteiger partial charge >= 0.3 is 0 Å². The molecule has 0 aliphatic carbocycles. The Morgan fingerprint density at radius 3 is 2.60 bits per heavy atom. The van der Waals surface area contributed by atoms with Crippen LogP contribution < -0.4 is 0 Å². The van der Waals surface area contributed by atoms with E-state index in [1.165, 1.54) is 5.56 Å². The highest BCUT2D eigenvalue weighted by Crippen LogP contribution is 2.27. The number of nitrogens with zero attached hydrogens (tertiary/aromatic N) is 3. The number of hydrogen-bond acceptors (Lipinski definition) is 3. The first-order valence-corrected chi connectivity index (χ1v) is 8.93. The molecule has 0 saturated carbocycles. The smallest absolute Gasteiger partial charge is 0.0858 e. The highest BCUT2D eigenvalue weighted by Gasteiger charge is 2.17. The predicted molar refractivity (Wildman–Crippen MR) is 103 cm³/mol. The van der Waals surface area contributed by atoms with Crippen LogP contribution in [0.1, 0.15) is 18.2 Å². The van der Waals surface area contributed by atoms with Gasteiger partial charge in [0.15, 0.2) is 0 Å². The minimum atomic E-state index is 0.176. The van der Waals surface area contributed by atoms with Crippen LogP contribution in [0.15, 0.2) is 48.5 Å². The third kappa shape index (κ3) is 4.21. The molecule has 0 unspecified atom stereocenters. The van der Waals surface area contributed by atoms with Crippen LogP contribution in [-0.4, -0.2) is 32.9 Å². The molecule has 0 spiro atoms. The van der Waals surface area contributed by atoms with Crippen molar-refractivity contribution in [2.75, 3.05) is 13.2 Å². The first kappa shape index (κ1) is 17.9. The molecule has 25 heavy (non-hydrogen) atoms. The Morgan fingerprint density at radius 2 is 1.88 bits per heavy atom. The van der Waals surface area contributed by atoms with Crippen LogP contribution in [0.2, 0.25) is 5.02 Å². The second-order valence-corrected chi connectivity index (χ2v) is 7.05. The molecule has 132 valence electrons. The van der Waals surface area contributed by atoms with Crippen LogP contribution in [-0.2, 0) is 20.1 Å². The van der Waals surface area contributed by atoms with Crippen LogP contribution in [0.3, 0.4) is 0 Å². The van der Waals surface area contributed by atoms with Gasteiger partial charge in [0.25, 0.3) is 0 Å². The molecule has 3 rings (SSSR count). The highest BCUT2D eigenvalue weighted by molar-refractivity contribution is 6.35. The number of aliphatic hydroxyl groups excluding tert-OH is 1. The van der Waals surface area contributed by atoms with Crippen LogP contribution >= 0.6 is 11.6 Å². The molecular weight excluding hydrogens is 334 g/mol. The summed E-state index contributed by atoms with van der Waals surface area (Å²) in [4.78, 5) is 2.32. The van der Waals surface area contributed by atoms with Crippen LogP contribution in [0.5, 0.6) is 0 Å². The van der Waals surface area contributed by atoms with E-state index in [9.17, 15) is 5.11 Å². The molecule has 0 radical (unpaired) electrons. The van der Waals surface area contributed by atoms with Crippen molar-refractivity contribution in [1.29, 1.82) is 0 Å². The summed E-state index contributed by atoms with van der Waals surface area (Å²) < 4.78 is 1.88. The molecule has 4 nitrogen and oxygen atoms in total. The number of rotatable bonds is 7. The van der Waals surface area contributed by atoms with Gasteiger partial charge < -0.3 is 5.11 Å². The predicted octanol–water partition coefficient (Wildman–Crippen LogP) is 3.86. The Kier molecular flexibility index (Phi) is 5.74. The van der Waals surface area contributed by atoms with Gasteiger partial charge in [-0.25, -0.2) is 0 Å². The fraction of sp³-hybridized carbons (Fsp3) is 0.350. The van der Waals surface area contributed by atoms with E-state index >= 15 is 0 Å². The summed E-state index contributed by atoms with van der Waals surface area (Å²) in [6, 6.07) is 16.3. The number of aryl methyl sites for hydroxylation is 1. The van der Waals surface area contributed by atoms with Gasteiger partial charge in [0.2, 0.25) is 0 Å². The number of halogens is 1. The molecule has 0 amide bonds. The van der Waals surface area contributed by atoms with Crippen molar-refractivity contribution < 1.29 is 5.11 Å². The number of fused-ring (bicyclic) bond motifs is 1. The van der Waals surface area contributed by atoms with Crippen molar-refractivity contribution >= 4 is 22.5 Å². The third-order valence-corrected chi connectivity index (χ3v) is 4.72. The zero-order chi connectivity index (χ0) is 17.8. The van der Waals surface area contributed by atoms with E-state index in [2.05, 4.69) is 36.1 Å². The summed E-state index contributed by atoms with van der Waals surface area (Å²) >= 11 is 6.44. The van der Waals surface area contributed by atoms with Crippen molar-refractivity contribution in [1.82, 2.24) is 14.7 Å². The Hall–Kier alpha value is -1.88. The van der Waals surface area contributed by atoms with Crippen molar-refractivity contribution in [2.45, 2.75) is 20.0 Å². The Morgan fingerprint density at radius 1 is 1.12 bits per heavy atom. The van der Waals surface area contributed by atoms with Crippen molar-refractivity contribution in [2.24, 2.45) is 13.0 Å². The van der Waals surface area contributed by atoms with E-state index in [-0.39, 0.29) is 12.5 Å². The maximum Gasteiger partial charge on any atom is 0.0858 e. The van der Waals surface area contributed by atoms with E-state index in [0.717, 1.165) is 34.7 Å². The second kappa shape index (κ2) is 8.00. The topological polar surface area (TPSA) is 41.3 Å². The van der Waals surface area contributed by atoms with Crippen molar-refractivity contribution in [3.05, 3.63) is 64.8 Å². The van der Waals surface area contributed by atoms with E-state index in [1.807, 2.05) is 36.0 Å². The van der Waals surface area contributed by atoms with Gasteiger partial charge in [-0.05, 0) is 23.6 Å². The summed E-state index contributed by atoms with van der Waals surface area (Å²) in [5.41, 5.74) is 3.26. The standard InChI is InChI=1S/C20H24ClN3O/c1-15(14-25)11-24(12-16-7-4-3-5-8-16)13-18-20-17(21)9-6-10-19(20)23(2)22-18/h3-10,15,25H,11-14H2,1-2H3/t15-/m1/s1. The second-order valence-electron chi connectivity index (χ2n) is 6.65. The normalized spacial score (nSPS) is 12.8. The zero-order valence-corrected chi connectivity index (χ0v) is 15.4. The van der Waals surface area contributed by atoms with Gasteiger partial charge in [0.1, 0.15) is 0 Å². The zero-order valence-electron chi connectivity index (χ0n) is 14.7. The number of aromatic nitrogens is 2. The Bertz CT molecular complexity index is 832. The minimum absolute atomic E-state index is 0.176. The van der Waals surface area contributed by atoms with Gasteiger partial charge in [-0.3, -0.25) is 9.58 Å². The molecular formula is C20H24ClN3O. The van der Waals surface area contributed by atoms with E-state index in [1.54, 1.807) is 0 Å². The van der Waals surface area contributed by atoms with Crippen LogP contribution in [0.4, 0.5) is 0 Å². The summed E-state index contributed by atoms with van der Waals surface area (Å²) in [5.74, 6) is 0.203. The molecule has 0 aliphatic rings. The third-order valence-electron chi connectivity index (χ3n) is 4.40. The molecule has 1 aromatic heterocycles. The Balaban J connectivity index is 1.89. The molecule has 1 N–H and O–H groups in total. The highest BCUT2D eigenvalue weighted by atomic mass is 35.5. The largest absolute Gasteiger partial charge is 0.396 e. The molecule has 2 aromatic carbocycles. The molecule has 3 aromatic rings. The summed E-state index contributed by atoms with van der Waals surface area (Å²) in [5, 5.41) is 15.9.